The van der Waals surface area contributed by atoms with Gasteiger partial charge in [0.15, 0.2) is 5.78 Å². The van der Waals surface area contributed by atoms with E-state index in [1.165, 1.54) is 6.07 Å². The molecule has 0 fully saturated rings. The molecule has 0 radical (unpaired) electrons. The fourth-order valence-corrected chi connectivity index (χ4v) is 4.26. The van der Waals surface area contributed by atoms with Gasteiger partial charge in [-0.2, -0.15) is 0 Å². The van der Waals surface area contributed by atoms with Crippen LogP contribution in [-0.4, -0.2) is 26.2 Å². The number of hydrogen-bond acceptors (Lipinski definition) is 4. The van der Waals surface area contributed by atoms with Crippen molar-refractivity contribution in [2.45, 2.75) is 18.9 Å². The maximum absolute atomic E-state index is 13.2. The number of pyridine rings is 1. The molecule has 128 valence electrons. The van der Waals surface area contributed by atoms with Gasteiger partial charge in [0.25, 0.3) is 5.91 Å². The summed E-state index contributed by atoms with van der Waals surface area (Å²) >= 11 is 0. The molecule has 26 heavy (non-hydrogen) atoms. The minimum absolute atomic E-state index is 0.0554. The molecule has 2 atom stereocenters. The van der Waals surface area contributed by atoms with E-state index in [9.17, 15) is 9.59 Å². The van der Waals surface area contributed by atoms with E-state index >= 15 is 0 Å². The Hall–Kier alpha value is -3.28. The quantitative estimate of drug-likeness (QED) is 0.773. The van der Waals surface area contributed by atoms with Gasteiger partial charge in [-0.15, -0.1) is 0 Å². The van der Waals surface area contributed by atoms with Crippen LogP contribution in [-0.2, 0) is 6.42 Å². The highest BCUT2D eigenvalue weighted by Gasteiger charge is 2.40. The summed E-state index contributed by atoms with van der Waals surface area (Å²) in [7, 11) is 0. The second-order valence-electron chi connectivity index (χ2n) is 6.78. The average molecular weight is 344 g/mol. The predicted molar refractivity (Wildman–Crippen MR) is 94.7 cm³/mol. The van der Waals surface area contributed by atoms with Gasteiger partial charge in [0.1, 0.15) is 5.69 Å². The van der Waals surface area contributed by atoms with Crippen molar-refractivity contribution in [3.63, 3.8) is 0 Å². The molecule has 2 unspecified atom stereocenters. The molecule has 0 saturated carbocycles. The molecule has 5 rings (SSSR count). The van der Waals surface area contributed by atoms with E-state index in [4.69, 9.17) is 5.73 Å². The summed E-state index contributed by atoms with van der Waals surface area (Å²) < 4.78 is 2.10. The third-order valence-electron chi connectivity index (χ3n) is 5.42. The van der Waals surface area contributed by atoms with Crippen LogP contribution in [0.1, 0.15) is 44.6 Å². The lowest BCUT2D eigenvalue weighted by molar-refractivity contribution is 0.0868. The largest absolute Gasteiger partial charge is 0.364 e. The van der Waals surface area contributed by atoms with E-state index < -0.39 is 5.91 Å². The standard InChI is InChI=1S/C20H16N4O2/c21-20(26)16-8-5-13-15(23-16)7-6-14(19(13)25)18-12-4-2-1-3-11(12)17-9-22-10-24(17)18/h1-5,8-10,14,18H,6-7H2,(H2,21,26). The number of nitrogens with two attached hydrogens (primary N) is 1. The summed E-state index contributed by atoms with van der Waals surface area (Å²) in [6.45, 7) is 0. The molecule has 6 heteroatoms. The van der Waals surface area contributed by atoms with Crippen LogP contribution >= 0.6 is 0 Å². The number of fused-ring (bicyclic) bond motifs is 4. The number of rotatable bonds is 2. The van der Waals surface area contributed by atoms with Crippen molar-refractivity contribution in [2.75, 3.05) is 0 Å². The molecule has 1 aromatic carbocycles. The van der Waals surface area contributed by atoms with Crippen LogP contribution in [0.15, 0.2) is 48.9 Å². The lowest BCUT2D eigenvalue weighted by atomic mass is 9.78. The third kappa shape index (κ3) is 1.98. The molecule has 6 nitrogen and oxygen atoms in total. The van der Waals surface area contributed by atoms with Crippen LogP contribution in [0.5, 0.6) is 0 Å². The van der Waals surface area contributed by atoms with Gasteiger partial charge in [-0.05, 0) is 30.5 Å². The zero-order valence-corrected chi connectivity index (χ0v) is 13.9. The number of hydrogen-bond donors (Lipinski definition) is 1. The lowest BCUT2D eigenvalue weighted by Gasteiger charge is -2.29. The van der Waals surface area contributed by atoms with Gasteiger partial charge < -0.3 is 10.3 Å². The Balaban J connectivity index is 1.59. The van der Waals surface area contributed by atoms with Gasteiger partial charge in [0.2, 0.25) is 0 Å². The minimum Gasteiger partial charge on any atom is -0.364 e. The monoisotopic (exact) mass is 344 g/mol. The highest BCUT2D eigenvalue weighted by molar-refractivity contribution is 6.01. The van der Waals surface area contributed by atoms with Crippen molar-refractivity contribution in [2.24, 2.45) is 11.7 Å². The first-order valence-corrected chi connectivity index (χ1v) is 8.60. The van der Waals surface area contributed by atoms with Crippen LogP contribution in [0.2, 0.25) is 0 Å². The van der Waals surface area contributed by atoms with E-state index in [0.29, 0.717) is 24.1 Å². The highest BCUT2D eigenvalue weighted by Crippen LogP contribution is 2.46. The summed E-state index contributed by atoms with van der Waals surface area (Å²) in [6, 6.07) is 11.3. The zero-order chi connectivity index (χ0) is 17.8. The first-order chi connectivity index (χ1) is 12.6. The molecule has 2 aromatic heterocycles. The Morgan fingerprint density at radius 2 is 2.00 bits per heavy atom. The summed E-state index contributed by atoms with van der Waals surface area (Å²) in [5.74, 6) is -0.688. The van der Waals surface area contributed by atoms with Crippen LogP contribution in [0.25, 0.3) is 11.3 Å². The number of aromatic nitrogens is 3. The van der Waals surface area contributed by atoms with Crippen molar-refractivity contribution in [3.8, 4) is 11.3 Å². The Kier molecular flexibility index (Phi) is 3.09. The fourth-order valence-electron chi connectivity index (χ4n) is 4.26. The van der Waals surface area contributed by atoms with Gasteiger partial charge in [-0.3, -0.25) is 9.59 Å². The summed E-state index contributed by atoms with van der Waals surface area (Å²) in [6.07, 6.45) is 4.98. The average Bonchev–Trinajstić information content (AvgIpc) is 3.23. The van der Waals surface area contributed by atoms with Crippen molar-refractivity contribution in [1.82, 2.24) is 14.5 Å². The van der Waals surface area contributed by atoms with E-state index in [1.54, 1.807) is 12.4 Å². The number of ketones is 1. The number of amides is 1. The Labute approximate surface area is 149 Å². The molecule has 1 aliphatic heterocycles. The van der Waals surface area contributed by atoms with Crippen molar-refractivity contribution >= 4 is 11.7 Å². The second kappa shape index (κ2) is 5.36. The Morgan fingerprint density at radius 3 is 2.85 bits per heavy atom. The van der Waals surface area contributed by atoms with E-state index in [2.05, 4.69) is 26.7 Å². The van der Waals surface area contributed by atoms with Crippen LogP contribution < -0.4 is 5.73 Å². The number of aryl methyl sites for hydroxylation is 1. The van der Waals surface area contributed by atoms with E-state index in [1.807, 2.05) is 18.3 Å². The molecular weight excluding hydrogens is 328 g/mol. The second-order valence-corrected chi connectivity index (χ2v) is 6.78. The first-order valence-electron chi connectivity index (χ1n) is 8.60. The molecule has 2 aliphatic rings. The number of benzene rings is 1. The van der Waals surface area contributed by atoms with Crippen molar-refractivity contribution in [3.05, 3.63) is 71.4 Å². The summed E-state index contributed by atoms with van der Waals surface area (Å²) in [5, 5.41) is 0. The van der Waals surface area contributed by atoms with E-state index in [0.717, 1.165) is 16.8 Å². The molecule has 0 spiro atoms. The normalized spacial score (nSPS) is 20.4. The topological polar surface area (TPSA) is 90.9 Å². The summed E-state index contributed by atoms with van der Waals surface area (Å²) in [4.78, 5) is 33.2. The number of nitrogens with zero attached hydrogens (tertiary/aromatic N) is 3. The number of primary amides is 1. The lowest BCUT2D eigenvalue weighted by Crippen LogP contribution is -2.31. The Bertz CT molecular complexity index is 1070. The number of imidazole rings is 1. The van der Waals surface area contributed by atoms with Gasteiger partial charge in [-0.25, -0.2) is 9.97 Å². The third-order valence-corrected chi connectivity index (χ3v) is 5.42. The fraction of sp³-hybridized carbons (Fsp3) is 0.200. The molecule has 1 amide bonds. The van der Waals surface area contributed by atoms with Crippen LogP contribution in [0.3, 0.4) is 0 Å². The van der Waals surface area contributed by atoms with Gasteiger partial charge in [0.05, 0.1) is 30.0 Å². The van der Waals surface area contributed by atoms with Gasteiger partial charge >= 0.3 is 0 Å². The Morgan fingerprint density at radius 1 is 1.15 bits per heavy atom. The molecule has 1 aliphatic carbocycles. The number of carbonyl (C=O) groups excluding carboxylic acids is 2. The van der Waals surface area contributed by atoms with Crippen molar-refractivity contribution in [1.29, 1.82) is 0 Å². The van der Waals surface area contributed by atoms with Crippen LogP contribution in [0.4, 0.5) is 0 Å². The molecule has 2 N–H and O–H groups in total. The molecule has 0 saturated heterocycles. The molecule has 3 heterocycles. The first kappa shape index (κ1) is 15.0. The number of Topliss-reactive ketones (excluding diaryl/α,β-unsaturated/α-hetero) is 1. The van der Waals surface area contributed by atoms with Gasteiger partial charge in [-0.1, -0.05) is 24.3 Å². The molecular formula is C20H16N4O2. The van der Waals surface area contributed by atoms with Crippen molar-refractivity contribution < 1.29 is 9.59 Å². The molecule has 3 aromatic rings. The zero-order valence-electron chi connectivity index (χ0n) is 13.9. The van der Waals surface area contributed by atoms with Crippen LogP contribution in [0, 0.1) is 5.92 Å². The van der Waals surface area contributed by atoms with E-state index in [-0.39, 0.29) is 23.4 Å². The number of carbonyl (C=O) groups is 2. The molecule has 0 bridgehead atoms. The highest BCUT2D eigenvalue weighted by atomic mass is 16.1. The summed E-state index contributed by atoms with van der Waals surface area (Å²) in [5.41, 5.74) is 10.1. The predicted octanol–water partition coefficient (Wildman–Crippen LogP) is 2.39. The van der Waals surface area contributed by atoms with Gasteiger partial charge in [0, 0.05) is 17.0 Å². The maximum Gasteiger partial charge on any atom is 0.267 e. The minimum atomic E-state index is -0.574. The SMILES string of the molecule is NC(=O)c1ccc2c(n1)CCC(C1c3ccccc3-c3cncn31)C2=O. The maximum atomic E-state index is 13.2. The smallest absolute Gasteiger partial charge is 0.267 e.